The molecule has 0 aromatic rings. The summed E-state index contributed by atoms with van der Waals surface area (Å²) in [4.78, 5) is 23.4. The molecule has 0 aromatic carbocycles. The van der Waals surface area contributed by atoms with Crippen molar-refractivity contribution in [1.82, 2.24) is 0 Å². The van der Waals surface area contributed by atoms with E-state index in [4.69, 9.17) is 9.47 Å². The van der Waals surface area contributed by atoms with Crippen molar-refractivity contribution < 1.29 is 19.1 Å². The van der Waals surface area contributed by atoms with Crippen molar-refractivity contribution in [3.05, 3.63) is 11.6 Å². The van der Waals surface area contributed by atoms with Gasteiger partial charge in [-0.25, -0.2) is 0 Å². The van der Waals surface area contributed by atoms with Gasteiger partial charge in [0.2, 0.25) is 0 Å². The summed E-state index contributed by atoms with van der Waals surface area (Å²) in [5.41, 5.74) is 1.85. The van der Waals surface area contributed by atoms with E-state index in [1.54, 1.807) is 5.57 Å². The van der Waals surface area contributed by atoms with Crippen LogP contribution in [0.25, 0.3) is 0 Å². The van der Waals surface area contributed by atoms with Crippen molar-refractivity contribution in [2.45, 2.75) is 104 Å². The molecule has 166 valence electrons. The average molecular weight is 415 g/mol. The highest BCUT2D eigenvalue weighted by Gasteiger charge is 2.63. The predicted molar refractivity (Wildman–Crippen MR) is 114 cm³/mol. The van der Waals surface area contributed by atoms with Gasteiger partial charge in [0.1, 0.15) is 11.7 Å². The molecule has 30 heavy (non-hydrogen) atoms. The van der Waals surface area contributed by atoms with E-state index in [2.05, 4.69) is 26.8 Å². The van der Waals surface area contributed by atoms with Crippen molar-refractivity contribution in [3.8, 4) is 0 Å². The maximum absolute atomic E-state index is 11.9. The lowest BCUT2D eigenvalue weighted by molar-refractivity contribution is -0.159. The van der Waals surface area contributed by atoms with E-state index >= 15 is 0 Å². The highest BCUT2D eigenvalue weighted by Crippen LogP contribution is 2.68. The van der Waals surface area contributed by atoms with Crippen molar-refractivity contribution in [2.24, 2.45) is 34.5 Å². The fraction of sp³-hybridized carbons (Fsp3) is 0.846. The average Bonchev–Trinajstić information content (AvgIpc) is 3.21. The second-order valence-electron chi connectivity index (χ2n) is 11.7. The minimum atomic E-state index is -0.255. The molecule has 4 fully saturated rings. The number of carbonyl (C=O) groups is 2. The first-order valence-electron chi connectivity index (χ1n) is 12.2. The number of carbonyl (C=O) groups excluding carboxylic acids is 2. The van der Waals surface area contributed by atoms with E-state index in [-0.39, 0.29) is 34.5 Å². The van der Waals surface area contributed by atoms with Crippen LogP contribution in [-0.2, 0) is 19.1 Å². The van der Waals surface area contributed by atoms with Crippen LogP contribution in [0.4, 0.5) is 0 Å². The van der Waals surface area contributed by atoms with Crippen molar-refractivity contribution >= 4 is 11.9 Å². The van der Waals surface area contributed by atoms with Crippen LogP contribution in [0.5, 0.6) is 0 Å². The molecule has 4 heteroatoms. The van der Waals surface area contributed by atoms with Crippen LogP contribution in [0.15, 0.2) is 11.6 Å². The highest BCUT2D eigenvalue weighted by molar-refractivity contribution is 5.72. The van der Waals surface area contributed by atoms with Crippen LogP contribution in [0.2, 0.25) is 0 Å². The summed E-state index contributed by atoms with van der Waals surface area (Å²) in [5, 5.41) is 0. The fourth-order valence-electron chi connectivity index (χ4n) is 8.92. The van der Waals surface area contributed by atoms with Crippen LogP contribution in [0.1, 0.15) is 91.9 Å². The van der Waals surface area contributed by atoms with Crippen molar-refractivity contribution in [2.75, 3.05) is 0 Å². The zero-order valence-corrected chi connectivity index (χ0v) is 19.2. The summed E-state index contributed by atoms with van der Waals surface area (Å²) in [6.07, 6.45) is 13.3. The molecule has 0 amide bonds. The molecule has 8 atom stereocenters. The normalized spacial score (nSPS) is 50.1. The number of allylic oxidation sites excluding steroid dienone is 1. The summed E-state index contributed by atoms with van der Waals surface area (Å²) in [5.74, 6) is 2.57. The van der Waals surface area contributed by atoms with E-state index in [0.717, 1.165) is 43.4 Å². The van der Waals surface area contributed by atoms with Gasteiger partial charge in [-0.15, -0.1) is 0 Å². The van der Waals surface area contributed by atoms with Gasteiger partial charge in [-0.1, -0.05) is 25.5 Å². The standard InChI is InChI=1S/C26H38O4/c1-16(27)29-18-9-12-24(2)17(15-18)5-6-19-20-7-8-22(25(20,3)13-10-21(19)24)26(4)14-11-23(28)30-26/h5,18-22H,6-15H2,1-4H3/t18-,19-,20+,21-,22+,24+,25+,26-/m1/s1. The summed E-state index contributed by atoms with van der Waals surface area (Å²) >= 11 is 0. The quantitative estimate of drug-likeness (QED) is 0.436. The van der Waals surface area contributed by atoms with Gasteiger partial charge in [0.15, 0.2) is 0 Å². The number of rotatable bonds is 2. The minimum absolute atomic E-state index is 0.000489. The molecular formula is C26H38O4. The SMILES string of the molecule is CC(=O)O[C@@H]1CC[C@@]2(C)C(=CC[C@H]3[C@H]2CC[C@@]2(C)[C@H]3CC[C@@H]2[C@@]2(C)CCC(=O)O2)C1. The Kier molecular flexibility index (Phi) is 4.69. The lowest BCUT2D eigenvalue weighted by Crippen LogP contribution is -2.53. The number of cyclic esters (lactones) is 1. The summed E-state index contributed by atoms with van der Waals surface area (Å²) in [6, 6.07) is 0. The van der Waals surface area contributed by atoms with Crippen LogP contribution in [0, 0.1) is 34.5 Å². The molecule has 1 heterocycles. The Morgan fingerprint density at radius 2 is 1.87 bits per heavy atom. The Hall–Kier alpha value is -1.32. The van der Waals surface area contributed by atoms with Gasteiger partial charge in [-0.3, -0.25) is 9.59 Å². The Balaban J connectivity index is 1.39. The number of fused-ring (bicyclic) bond motifs is 5. The second kappa shape index (κ2) is 6.84. The predicted octanol–water partition coefficient (Wildman–Crippen LogP) is 5.59. The topological polar surface area (TPSA) is 52.6 Å². The van der Waals surface area contributed by atoms with Gasteiger partial charge < -0.3 is 9.47 Å². The Morgan fingerprint density at radius 3 is 2.57 bits per heavy atom. The molecule has 3 saturated carbocycles. The van der Waals surface area contributed by atoms with E-state index in [1.807, 2.05) is 0 Å². The van der Waals surface area contributed by atoms with Crippen molar-refractivity contribution in [1.29, 1.82) is 0 Å². The van der Waals surface area contributed by atoms with Gasteiger partial charge in [0.25, 0.3) is 0 Å². The molecule has 0 N–H and O–H groups in total. The Bertz CT molecular complexity index is 786. The number of ether oxygens (including phenoxy) is 2. The molecule has 5 rings (SSSR count). The lowest BCUT2D eigenvalue weighted by Gasteiger charge is -2.59. The monoisotopic (exact) mass is 414 g/mol. The minimum Gasteiger partial charge on any atom is -0.462 e. The second-order valence-corrected chi connectivity index (χ2v) is 11.7. The third-order valence-electron chi connectivity index (χ3n) is 10.3. The molecule has 5 aliphatic rings. The van der Waals surface area contributed by atoms with E-state index < -0.39 is 0 Å². The van der Waals surface area contributed by atoms with Gasteiger partial charge in [-0.05, 0) is 86.9 Å². The van der Waals surface area contributed by atoms with E-state index in [0.29, 0.717) is 12.3 Å². The van der Waals surface area contributed by atoms with Gasteiger partial charge in [0.05, 0.1) is 0 Å². The zero-order valence-electron chi connectivity index (χ0n) is 19.2. The highest BCUT2D eigenvalue weighted by atomic mass is 16.6. The molecule has 0 aromatic heterocycles. The number of hydrogen-bond acceptors (Lipinski definition) is 4. The van der Waals surface area contributed by atoms with E-state index in [9.17, 15) is 9.59 Å². The maximum Gasteiger partial charge on any atom is 0.306 e. The number of esters is 2. The van der Waals surface area contributed by atoms with E-state index in [1.165, 1.54) is 39.0 Å². The zero-order chi connectivity index (χ0) is 21.3. The molecular weight excluding hydrogens is 376 g/mol. The number of hydrogen-bond donors (Lipinski definition) is 0. The molecule has 0 unspecified atom stereocenters. The van der Waals surface area contributed by atoms with Crippen LogP contribution in [-0.4, -0.2) is 23.6 Å². The van der Waals surface area contributed by atoms with Gasteiger partial charge in [-0.2, -0.15) is 0 Å². The Labute approximate surface area is 181 Å². The molecule has 0 bridgehead atoms. The smallest absolute Gasteiger partial charge is 0.306 e. The summed E-state index contributed by atoms with van der Waals surface area (Å²) in [7, 11) is 0. The van der Waals surface area contributed by atoms with Gasteiger partial charge >= 0.3 is 11.9 Å². The molecule has 0 radical (unpaired) electrons. The third-order valence-corrected chi connectivity index (χ3v) is 10.3. The summed E-state index contributed by atoms with van der Waals surface area (Å²) in [6.45, 7) is 8.75. The van der Waals surface area contributed by atoms with Crippen molar-refractivity contribution in [3.63, 3.8) is 0 Å². The maximum atomic E-state index is 11.9. The largest absolute Gasteiger partial charge is 0.462 e. The fourth-order valence-corrected chi connectivity index (χ4v) is 8.92. The lowest BCUT2D eigenvalue weighted by atomic mass is 9.46. The van der Waals surface area contributed by atoms with Crippen LogP contribution in [0.3, 0.4) is 0 Å². The first-order chi connectivity index (χ1) is 14.2. The van der Waals surface area contributed by atoms with Crippen LogP contribution >= 0.6 is 0 Å². The summed E-state index contributed by atoms with van der Waals surface area (Å²) < 4.78 is 11.5. The molecule has 4 aliphatic carbocycles. The van der Waals surface area contributed by atoms with Crippen LogP contribution < -0.4 is 0 Å². The molecule has 4 nitrogen and oxygen atoms in total. The molecule has 0 spiro atoms. The Morgan fingerprint density at radius 1 is 1.07 bits per heavy atom. The first kappa shape index (κ1) is 20.6. The van der Waals surface area contributed by atoms with Gasteiger partial charge in [0, 0.05) is 25.7 Å². The first-order valence-corrected chi connectivity index (χ1v) is 12.2. The third kappa shape index (κ3) is 2.92. The molecule has 1 aliphatic heterocycles. The molecule has 1 saturated heterocycles.